The molecule has 9 heteroatoms. The van der Waals surface area contributed by atoms with Gasteiger partial charge >= 0.3 is 6.03 Å². The van der Waals surface area contributed by atoms with E-state index in [2.05, 4.69) is 10.6 Å². The highest BCUT2D eigenvalue weighted by atomic mass is 16.7. The zero-order valence-corrected chi connectivity index (χ0v) is 25.4. The van der Waals surface area contributed by atoms with Crippen LogP contribution in [0.4, 0.5) is 4.79 Å². The topological polar surface area (TPSA) is 124 Å². The summed E-state index contributed by atoms with van der Waals surface area (Å²) in [6.45, 7) is 1.73. The van der Waals surface area contributed by atoms with Gasteiger partial charge < -0.3 is 40.3 Å². The van der Waals surface area contributed by atoms with E-state index < -0.39 is 12.4 Å². The Labute approximate surface area is 264 Å². The van der Waals surface area contributed by atoms with E-state index in [9.17, 15) is 20.1 Å². The smallest absolute Gasteiger partial charge is 0.315 e. The number of likely N-dealkylation sites (N-methyl/N-ethyl adjacent to an activating group) is 1. The van der Waals surface area contributed by atoms with Gasteiger partial charge in [-0.3, -0.25) is 0 Å². The molecule has 45 heavy (non-hydrogen) atoms. The minimum Gasteiger partial charge on any atom is -0.508 e. The molecule has 4 aromatic carbocycles. The van der Waals surface area contributed by atoms with Crippen LogP contribution in [0, 0.1) is 0 Å². The van der Waals surface area contributed by atoms with Crippen molar-refractivity contribution < 1.29 is 29.6 Å². The third-order valence-corrected chi connectivity index (χ3v) is 7.87. The maximum absolute atomic E-state index is 12.3. The van der Waals surface area contributed by atoms with Gasteiger partial charge in [-0.2, -0.15) is 0 Å². The Balaban J connectivity index is 1.21. The molecular formula is C36H41N3O6. The molecule has 0 aromatic heterocycles. The molecule has 0 saturated carbocycles. The second kappa shape index (κ2) is 15.7. The number of aromatic hydroxyl groups is 1. The number of carbonyl (C=O) groups excluding carboxylic acids is 1. The van der Waals surface area contributed by atoms with Gasteiger partial charge in [0, 0.05) is 38.2 Å². The molecular weight excluding hydrogens is 570 g/mol. The average Bonchev–Trinajstić information content (AvgIpc) is 3.07. The number of carbonyl (C=O) groups is 1. The number of aliphatic hydroxyl groups is 2. The van der Waals surface area contributed by atoms with Crippen molar-refractivity contribution in [2.24, 2.45) is 0 Å². The fourth-order valence-corrected chi connectivity index (χ4v) is 5.40. The number of nitrogens with zero attached hydrogens (tertiary/aromatic N) is 1. The van der Waals surface area contributed by atoms with Gasteiger partial charge in [0.15, 0.2) is 6.29 Å². The van der Waals surface area contributed by atoms with Crippen LogP contribution >= 0.6 is 0 Å². The molecule has 1 aliphatic heterocycles. The van der Waals surface area contributed by atoms with Crippen molar-refractivity contribution >= 4 is 6.03 Å². The van der Waals surface area contributed by atoms with E-state index in [0.717, 1.165) is 27.8 Å². The van der Waals surface area contributed by atoms with E-state index in [-0.39, 0.29) is 30.6 Å². The summed E-state index contributed by atoms with van der Waals surface area (Å²) in [5.41, 5.74) is 5.31. The second-order valence-corrected chi connectivity index (χ2v) is 11.4. The van der Waals surface area contributed by atoms with Crippen LogP contribution in [0.15, 0.2) is 103 Å². The van der Waals surface area contributed by atoms with Crippen LogP contribution in [0.3, 0.4) is 0 Å². The monoisotopic (exact) mass is 611 g/mol. The van der Waals surface area contributed by atoms with E-state index in [1.165, 1.54) is 0 Å². The van der Waals surface area contributed by atoms with Gasteiger partial charge in [-0.1, -0.05) is 91.0 Å². The molecule has 4 atom stereocenters. The number of hydrogen-bond acceptors (Lipinski definition) is 7. The molecule has 0 bridgehead atoms. The first kappa shape index (κ1) is 32.2. The number of benzene rings is 4. The van der Waals surface area contributed by atoms with Gasteiger partial charge in [-0.15, -0.1) is 0 Å². The summed E-state index contributed by atoms with van der Waals surface area (Å²) in [4.78, 5) is 14.3. The van der Waals surface area contributed by atoms with Crippen LogP contribution in [0.1, 0.15) is 58.3 Å². The zero-order valence-electron chi connectivity index (χ0n) is 25.4. The number of hydrogen-bond donors (Lipinski definition) is 5. The molecule has 0 aliphatic carbocycles. The third-order valence-electron chi connectivity index (χ3n) is 7.87. The largest absolute Gasteiger partial charge is 0.508 e. The molecule has 0 unspecified atom stereocenters. The van der Waals surface area contributed by atoms with Crippen LogP contribution in [-0.2, 0) is 29.2 Å². The first-order chi connectivity index (χ1) is 21.9. The first-order valence-corrected chi connectivity index (χ1v) is 15.2. The van der Waals surface area contributed by atoms with Gasteiger partial charge in [0.05, 0.1) is 24.9 Å². The van der Waals surface area contributed by atoms with E-state index in [0.29, 0.717) is 38.2 Å². The molecule has 5 N–H and O–H groups in total. The van der Waals surface area contributed by atoms with Crippen molar-refractivity contribution in [1.29, 1.82) is 0 Å². The predicted octanol–water partition coefficient (Wildman–Crippen LogP) is 5.09. The maximum atomic E-state index is 12.3. The van der Waals surface area contributed by atoms with Crippen molar-refractivity contribution in [3.8, 4) is 5.75 Å². The van der Waals surface area contributed by atoms with Crippen LogP contribution in [0.5, 0.6) is 5.75 Å². The number of aliphatic hydroxyl groups excluding tert-OH is 2. The van der Waals surface area contributed by atoms with E-state index in [1.807, 2.05) is 90.8 Å². The average molecular weight is 612 g/mol. The lowest BCUT2D eigenvalue weighted by Crippen LogP contribution is -2.39. The lowest BCUT2D eigenvalue weighted by atomic mass is 9.99. The Hall–Kier alpha value is -4.25. The molecule has 4 aromatic rings. The van der Waals surface area contributed by atoms with E-state index in [1.54, 1.807) is 24.3 Å². The molecule has 9 nitrogen and oxygen atoms in total. The number of phenolic OH excluding ortho intramolecular Hbond substituents is 1. The van der Waals surface area contributed by atoms with E-state index >= 15 is 0 Å². The Morgan fingerprint density at radius 3 is 2.16 bits per heavy atom. The molecule has 1 fully saturated rings. The summed E-state index contributed by atoms with van der Waals surface area (Å²) in [5.74, 6) is 0.119. The Bertz CT molecular complexity index is 1500. The van der Waals surface area contributed by atoms with Crippen LogP contribution in [0.25, 0.3) is 0 Å². The summed E-state index contributed by atoms with van der Waals surface area (Å²) in [6.07, 6.45) is -1.20. The molecule has 1 saturated heterocycles. The molecule has 236 valence electrons. The minimum absolute atomic E-state index is 0.0254. The van der Waals surface area contributed by atoms with Gasteiger partial charge in [0.1, 0.15) is 5.75 Å². The lowest BCUT2D eigenvalue weighted by Gasteiger charge is -2.38. The van der Waals surface area contributed by atoms with Crippen LogP contribution < -0.4 is 10.6 Å². The summed E-state index contributed by atoms with van der Waals surface area (Å²) in [7, 11) is 1.93. The van der Waals surface area contributed by atoms with Crippen LogP contribution in [-0.4, -0.2) is 52.5 Å². The number of ether oxygens (including phenoxy) is 2. The minimum atomic E-state index is -0.763. The standard InChI is InChI=1S/C36H41N3O6/c1-39(23-33(42)30-8-5-9-31(41)18-30)22-32-19-34(28-14-12-27(24-40)13-15-28)45-35(44-32)29-16-10-26(11-17-29)21-38-36(43)37-20-25-6-3-2-4-7-25/h2-18,32-35,40-42H,19-24H2,1H3,(H2,37,38,43)/t32-,33-,34+,35+/m1/s1. The third kappa shape index (κ3) is 9.37. The number of nitrogens with one attached hydrogen (secondary N) is 2. The van der Waals surface area contributed by atoms with Crippen molar-refractivity contribution in [2.75, 3.05) is 20.1 Å². The summed E-state index contributed by atoms with van der Waals surface area (Å²) < 4.78 is 12.9. The Kier molecular flexibility index (Phi) is 11.2. The number of rotatable bonds is 12. The predicted molar refractivity (Wildman–Crippen MR) is 171 cm³/mol. The highest BCUT2D eigenvalue weighted by Gasteiger charge is 2.33. The fraction of sp³-hybridized carbons (Fsp3) is 0.306. The van der Waals surface area contributed by atoms with Crippen molar-refractivity contribution in [2.45, 2.75) is 50.7 Å². The molecule has 2 amide bonds. The molecule has 0 radical (unpaired) electrons. The second-order valence-electron chi connectivity index (χ2n) is 11.4. The van der Waals surface area contributed by atoms with Gasteiger partial charge in [0.25, 0.3) is 0 Å². The van der Waals surface area contributed by atoms with Crippen LogP contribution in [0.2, 0.25) is 0 Å². The fourth-order valence-electron chi connectivity index (χ4n) is 5.40. The first-order valence-electron chi connectivity index (χ1n) is 15.2. The SMILES string of the molecule is CN(C[C@H]1C[C@@H](c2ccc(CO)cc2)O[C@@H](c2ccc(CNC(=O)NCc3ccccc3)cc2)O1)C[C@@H](O)c1cccc(O)c1. The quantitative estimate of drug-likeness (QED) is 0.151. The highest BCUT2D eigenvalue weighted by Crippen LogP contribution is 2.38. The summed E-state index contributed by atoms with van der Waals surface area (Å²) in [5, 5.41) is 35.8. The van der Waals surface area contributed by atoms with Crippen molar-refractivity contribution in [1.82, 2.24) is 15.5 Å². The maximum Gasteiger partial charge on any atom is 0.315 e. The molecule has 5 rings (SSSR count). The highest BCUT2D eigenvalue weighted by molar-refractivity contribution is 5.73. The summed E-state index contributed by atoms with van der Waals surface area (Å²) in [6, 6.07) is 31.7. The Morgan fingerprint density at radius 1 is 0.844 bits per heavy atom. The number of phenols is 1. The van der Waals surface area contributed by atoms with Gasteiger partial charge in [-0.05, 0) is 47.0 Å². The molecule has 0 spiro atoms. The van der Waals surface area contributed by atoms with Crippen molar-refractivity contribution in [3.05, 3.63) is 137 Å². The van der Waals surface area contributed by atoms with Gasteiger partial charge in [0.2, 0.25) is 0 Å². The van der Waals surface area contributed by atoms with Gasteiger partial charge in [-0.25, -0.2) is 4.79 Å². The number of amides is 2. The zero-order chi connectivity index (χ0) is 31.6. The Morgan fingerprint density at radius 2 is 1.49 bits per heavy atom. The molecule has 1 aliphatic rings. The number of urea groups is 1. The lowest BCUT2D eigenvalue weighted by molar-refractivity contribution is -0.252. The normalized spacial score (nSPS) is 18.8. The molecule has 1 heterocycles. The summed E-state index contributed by atoms with van der Waals surface area (Å²) >= 11 is 0. The van der Waals surface area contributed by atoms with E-state index in [4.69, 9.17) is 9.47 Å². The van der Waals surface area contributed by atoms with Crippen molar-refractivity contribution in [3.63, 3.8) is 0 Å².